The highest BCUT2D eigenvalue weighted by Gasteiger charge is 2.03. The molecule has 0 amide bonds. The average Bonchev–Trinajstić information content (AvgIpc) is 2.13. The summed E-state index contributed by atoms with van der Waals surface area (Å²) in [5.41, 5.74) is 0. The lowest BCUT2D eigenvalue weighted by Gasteiger charge is -1.96. The van der Waals surface area contributed by atoms with Crippen molar-refractivity contribution in [3.05, 3.63) is 24.4 Å². The van der Waals surface area contributed by atoms with E-state index >= 15 is 0 Å². The molecule has 1 heteroatoms. The maximum Gasteiger partial charge on any atom is 0.168 e. The molecule has 0 saturated heterocycles. The van der Waals surface area contributed by atoms with Gasteiger partial charge in [-0.05, 0) is 6.42 Å². The Morgan fingerprint density at radius 3 is 2.90 bits per heavy atom. The van der Waals surface area contributed by atoms with E-state index in [4.69, 9.17) is 0 Å². The van der Waals surface area contributed by atoms with E-state index in [0.29, 0.717) is 5.92 Å². The van der Waals surface area contributed by atoms with Gasteiger partial charge in [-0.15, -0.1) is 0 Å². The van der Waals surface area contributed by atoms with Gasteiger partial charge in [0.2, 0.25) is 0 Å². The molecule has 0 N–H and O–H groups in total. The van der Waals surface area contributed by atoms with Crippen molar-refractivity contribution in [3.63, 3.8) is 0 Å². The number of allylic oxidation sites excluding steroid dienone is 3. The molecule has 1 aliphatic heterocycles. The van der Waals surface area contributed by atoms with Gasteiger partial charge in [-0.2, -0.15) is 0 Å². The molecule has 0 aromatic heterocycles. The Hall–Kier alpha value is -0.850. The summed E-state index contributed by atoms with van der Waals surface area (Å²) < 4.78 is 2.11. The van der Waals surface area contributed by atoms with E-state index < -0.39 is 0 Å². The Kier molecular flexibility index (Phi) is 2.43. The summed E-state index contributed by atoms with van der Waals surface area (Å²) in [5, 5.41) is 0. The van der Waals surface area contributed by atoms with E-state index in [1.807, 2.05) is 0 Å². The van der Waals surface area contributed by atoms with E-state index in [2.05, 4.69) is 49.2 Å². The molecule has 0 radical (unpaired) electrons. The predicted octanol–water partition coefficient (Wildman–Crippen LogP) is 1.81. The second-order valence-corrected chi connectivity index (χ2v) is 2.61. The number of nitrogens with zero attached hydrogens (tertiary/aromatic N) is 1. The van der Waals surface area contributed by atoms with Crippen molar-refractivity contribution in [2.75, 3.05) is 7.05 Å². The average molecular weight is 136 g/mol. The van der Waals surface area contributed by atoms with Gasteiger partial charge in [0.1, 0.15) is 7.05 Å². The van der Waals surface area contributed by atoms with Crippen LogP contribution in [0.2, 0.25) is 0 Å². The maximum atomic E-state index is 2.22. The van der Waals surface area contributed by atoms with Crippen molar-refractivity contribution >= 4 is 6.21 Å². The van der Waals surface area contributed by atoms with Gasteiger partial charge < -0.3 is 0 Å². The van der Waals surface area contributed by atoms with Crippen molar-refractivity contribution in [1.82, 2.24) is 0 Å². The first-order valence-corrected chi connectivity index (χ1v) is 3.75. The summed E-state index contributed by atoms with van der Waals surface area (Å²) in [6.45, 7) is 2.20. The lowest BCUT2D eigenvalue weighted by molar-refractivity contribution is -0.418. The SMILES string of the molecule is CCC1C=CC=C[N+](C)=C1. The summed E-state index contributed by atoms with van der Waals surface area (Å²) in [4.78, 5) is 0. The van der Waals surface area contributed by atoms with Crippen molar-refractivity contribution < 1.29 is 4.58 Å². The minimum Gasteiger partial charge on any atom is -0.211 e. The molecule has 1 aliphatic rings. The van der Waals surface area contributed by atoms with Crippen LogP contribution >= 0.6 is 0 Å². The Morgan fingerprint density at radius 1 is 1.40 bits per heavy atom. The highest BCUT2D eigenvalue weighted by molar-refractivity contribution is 5.58. The molecule has 0 aliphatic carbocycles. The molecule has 0 aromatic carbocycles. The van der Waals surface area contributed by atoms with Crippen LogP contribution in [0.15, 0.2) is 24.4 Å². The van der Waals surface area contributed by atoms with Crippen LogP contribution in [0.5, 0.6) is 0 Å². The zero-order chi connectivity index (χ0) is 7.40. The molecule has 0 fully saturated rings. The lowest BCUT2D eigenvalue weighted by Crippen LogP contribution is -2.04. The summed E-state index contributed by atoms with van der Waals surface area (Å²) in [6.07, 6.45) is 11.9. The molecule has 0 bridgehead atoms. The van der Waals surface area contributed by atoms with Crippen LogP contribution in [-0.2, 0) is 0 Å². The predicted molar refractivity (Wildman–Crippen MR) is 44.3 cm³/mol. The van der Waals surface area contributed by atoms with Gasteiger partial charge in [0.05, 0.1) is 5.92 Å². The summed E-state index contributed by atoms with van der Waals surface area (Å²) >= 11 is 0. The van der Waals surface area contributed by atoms with Crippen LogP contribution in [0.3, 0.4) is 0 Å². The van der Waals surface area contributed by atoms with Crippen LogP contribution in [0.4, 0.5) is 0 Å². The van der Waals surface area contributed by atoms with Gasteiger partial charge >= 0.3 is 0 Å². The summed E-state index contributed by atoms with van der Waals surface area (Å²) in [6, 6.07) is 0. The van der Waals surface area contributed by atoms with Crippen LogP contribution in [0, 0.1) is 5.92 Å². The maximum absolute atomic E-state index is 2.22. The molecule has 10 heavy (non-hydrogen) atoms. The fraction of sp³-hybridized carbons (Fsp3) is 0.444. The lowest BCUT2D eigenvalue weighted by atomic mass is 10.1. The first kappa shape index (κ1) is 7.26. The van der Waals surface area contributed by atoms with Gasteiger partial charge in [-0.25, -0.2) is 4.58 Å². The monoisotopic (exact) mass is 136 g/mol. The van der Waals surface area contributed by atoms with Gasteiger partial charge in [-0.3, -0.25) is 0 Å². The highest BCUT2D eigenvalue weighted by atomic mass is 14.9. The van der Waals surface area contributed by atoms with E-state index in [1.165, 1.54) is 6.42 Å². The second kappa shape index (κ2) is 3.35. The summed E-state index contributed by atoms with van der Waals surface area (Å²) in [5.74, 6) is 0.611. The normalized spacial score (nSPS) is 24.2. The molecule has 54 valence electrons. The Morgan fingerprint density at radius 2 is 2.20 bits per heavy atom. The second-order valence-electron chi connectivity index (χ2n) is 2.61. The number of hydrogen-bond acceptors (Lipinski definition) is 0. The molecule has 1 heterocycles. The van der Waals surface area contributed by atoms with Crippen molar-refractivity contribution in [2.45, 2.75) is 13.3 Å². The molecule has 0 spiro atoms. The highest BCUT2D eigenvalue weighted by Crippen LogP contribution is 2.03. The van der Waals surface area contributed by atoms with Gasteiger partial charge in [0.25, 0.3) is 0 Å². The molecule has 1 atom stereocenters. The third-order valence-electron chi connectivity index (χ3n) is 1.69. The Balaban J connectivity index is 2.72. The van der Waals surface area contributed by atoms with Gasteiger partial charge in [0.15, 0.2) is 12.4 Å². The smallest absolute Gasteiger partial charge is 0.168 e. The largest absolute Gasteiger partial charge is 0.211 e. The fourth-order valence-corrected chi connectivity index (χ4v) is 1.04. The molecule has 1 unspecified atom stereocenters. The molecule has 1 rings (SSSR count). The minimum absolute atomic E-state index is 0.611. The van der Waals surface area contributed by atoms with Crippen molar-refractivity contribution in [1.29, 1.82) is 0 Å². The number of hydrogen-bond donors (Lipinski definition) is 0. The third-order valence-corrected chi connectivity index (χ3v) is 1.69. The zero-order valence-corrected chi connectivity index (χ0v) is 6.62. The summed E-state index contributed by atoms with van der Waals surface area (Å²) in [7, 11) is 2.06. The van der Waals surface area contributed by atoms with Crippen molar-refractivity contribution in [2.24, 2.45) is 5.92 Å². The number of rotatable bonds is 1. The molecule has 0 aromatic rings. The van der Waals surface area contributed by atoms with Gasteiger partial charge in [-0.1, -0.05) is 19.1 Å². The van der Waals surface area contributed by atoms with Crippen LogP contribution in [0.25, 0.3) is 0 Å². The van der Waals surface area contributed by atoms with Gasteiger partial charge in [0, 0.05) is 6.08 Å². The van der Waals surface area contributed by atoms with Crippen molar-refractivity contribution in [3.8, 4) is 0 Å². The van der Waals surface area contributed by atoms with E-state index in [1.54, 1.807) is 0 Å². The van der Waals surface area contributed by atoms with E-state index in [0.717, 1.165) is 0 Å². The van der Waals surface area contributed by atoms with E-state index in [-0.39, 0.29) is 0 Å². The molecule has 0 saturated carbocycles. The molecule has 1 nitrogen and oxygen atoms in total. The molecular formula is C9H14N+. The minimum atomic E-state index is 0.611. The Labute approximate surface area is 62.4 Å². The van der Waals surface area contributed by atoms with Crippen LogP contribution in [-0.4, -0.2) is 17.8 Å². The first-order chi connectivity index (χ1) is 4.83. The quantitative estimate of drug-likeness (QED) is 0.484. The standard InChI is InChI=1S/C9H14N/c1-3-9-6-4-5-7-10(2)8-9/h4-9H,3H2,1-2H3/q+1. The fourth-order valence-electron chi connectivity index (χ4n) is 1.04. The zero-order valence-electron chi connectivity index (χ0n) is 6.62. The first-order valence-electron chi connectivity index (χ1n) is 3.75. The topological polar surface area (TPSA) is 3.01 Å². The molecular weight excluding hydrogens is 122 g/mol. The third kappa shape index (κ3) is 1.83. The van der Waals surface area contributed by atoms with E-state index in [9.17, 15) is 0 Å². The Bertz CT molecular complexity index is 187. The van der Waals surface area contributed by atoms with Crippen LogP contribution < -0.4 is 0 Å². The van der Waals surface area contributed by atoms with Crippen LogP contribution in [0.1, 0.15) is 13.3 Å².